The lowest BCUT2D eigenvalue weighted by molar-refractivity contribution is -0.139. The highest BCUT2D eigenvalue weighted by molar-refractivity contribution is 9.10. The van der Waals surface area contributed by atoms with Crippen molar-refractivity contribution in [3.05, 3.63) is 45.4 Å². The van der Waals surface area contributed by atoms with Crippen molar-refractivity contribution in [2.45, 2.75) is 110 Å². The Balaban J connectivity index is 1.43. The normalized spacial score (nSPS) is 26.1. The summed E-state index contributed by atoms with van der Waals surface area (Å²) in [4.78, 5) is 58.7. The van der Waals surface area contributed by atoms with Crippen LogP contribution in [0.2, 0.25) is 0 Å². The number of halogens is 1. The average Bonchev–Trinajstić information content (AvgIpc) is 3.27. The number of Topliss-reactive ketones (excluding diaryl/α,β-unsaturated/α-hetero) is 3. The van der Waals surface area contributed by atoms with Crippen molar-refractivity contribution in [1.82, 2.24) is 19.7 Å². The Morgan fingerprint density at radius 1 is 1.05 bits per heavy atom. The van der Waals surface area contributed by atoms with Crippen molar-refractivity contribution in [1.29, 1.82) is 0 Å². The molecule has 2 aliphatic heterocycles. The molecule has 1 saturated heterocycles. The van der Waals surface area contributed by atoms with Gasteiger partial charge in [-0.25, -0.2) is 4.98 Å². The van der Waals surface area contributed by atoms with Gasteiger partial charge in [-0.1, -0.05) is 25.3 Å². The molecule has 1 saturated carbocycles. The minimum atomic E-state index is -0.545. The van der Waals surface area contributed by atoms with Crippen LogP contribution >= 0.6 is 15.9 Å². The SMILES string of the molecule is CC(=O)c1cc2n(n1)CC(=O)N1[C@H](C(=O)Cc3nc(Br)ccc3C)C[C@@]3(CCC(=O)CCCCCCC2)C[C@@H]13. The number of fused-ring (bicyclic) bond motifs is 1. The fourth-order valence-corrected chi connectivity index (χ4v) is 6.83. The second kappa shape index (κ2) is 11.4. The number of piperidine rings is 1. The van der Waals surface area contributed by atoms with Crippen LogP contribution in [-0.2, 0) is 33.8 Å². The van der Waals surface area contributed by atoms with Gasteiger partial charge in [-0.2, -0.15) is 5.10 Å². The number of hydrogen-bond acceptors (Lipinski definition) is 6. The van der Waals surface area contributed by atoms with Gasteiger partial charge < -0.3 is 4.90 Å². The smallest absolute Gasteiger partial charge is 0.245 e. The van der Waals surface area contributed by atoms with Crippen LogP contribution in [0.3, 0.4) is 0 Å². The van der Waals surface area contributed by atoms with Crippen molar-refractivity contribution >= 4 is 39.2 Å². The highest BCUT2D eigenvalue weighted by Gasteiger charge is 2.66. The molecule has 3 atom stereocenters. The summed E-state index contributed by atoms with van der Waals surface area (Å²) in [6.45, 7) is 3.43. The second-order valence-electron chi connectivity index (χ2n) is 11.7. The zero-order valence-electron chi connectivity index (χ0n) is 22.9. The molecule has 1 amide bonds. The van der Waals surface area contributed by atoms with Gasteiger partial charge in [0.15, 0.2) is 11.6 Å². The first-order chi connectivity index (χ1) is 18.7. The molecule has 8 nitrogen and oxygen atoms in total. The number of aromatic nitrogens is 3. The van der Waals surface area contributed by atoms with E-state index in [1.54, 1.807) is 15.6 Å². The number of carbonyl (C=O) groups excluding carboxylic acids is 4. The maximum absolute atomic E-state index is 13.9. The summed E-state index contributed by atoms with van der Waals surface area (Å²) in [5.41, 5.74) is 2.73. The van der Waals surface area contributed by atoms with Crippen LogP contribution in [-0.4, -0.2) is 55.0 Å². The largest absolute Gasteiger partial charge is 0.327 e. The number of hydrogen-bond donors (Lipinski definition) is 0. The predicted octanol–water partition coefficient (Wildman–Crippen LogP) is 4.97. The molecule has 0 aromatic carbocycles. The molecule has 208 valence electrons. The Morgan fingerprint density at radius 3 is 2.56 bits per heavy atom. The predicted molar refractivity (Wildman–Crippen MR) is 149 cm³/mol. The van der Waals surface area contributed by atoms with Crippen LogP contribution in [0, 0.1) is 12.3 Å². The zero-order chi connectivity index (χ0) is 27.7. The van der Waals surface area contributed by atoms with E-state index in [9.17, 15) is 19.2 Å². The Morgan fingerprint density at radius 2 is 1.79 bits per heavy atom. The van der Waals surface area contributed by atoms with Gasteiger partial charge >= 0.3 is 0 Å². The first-order valence-electron chi connectivity index (χ1n) is 14.2. The van der Waals surface area contributed by atoms with E-state index < -0.39 is 6.04 Å². The van der Waals surface area contributed by atoms with E-state index in [-0.39, 0.29) is 47.7 Å². The van der Waals surface area contributed by atoms with E-state index in [1.807, 2.05) is 19.1 Å². The van der Waals surface area contributed by atoms with Crippen LogP contribution in [0.5, 0.6) is 0 Å². The molecule has 2 fully saturated rings. The lowest BCUT2D eigenvalue weighted by Gasteiger charge is -2.27. The van der Waals surface area contributed by atoms with Gasteiger partial charge in [0, 0.05) is 31.5 Å². The van der Waals surface area contributed by atoms with Crippen molar-refractivity contribution < 1.29 is 19.2 Å². The number of pyridine rings is 1. The van der Waals surface area contributed by atoms with Gasteiger partial charge in [0.1, 0.15) is 22.6 Å². The molecule has 9 heteroatoms. The third-order valence-electron chi connectivity index (χ3n) is 8.89. The van der Waals surface area contributed by atoms with E-state index in [1.165, 1.54) is 6.92 Å². The lowest BCUT2D eigenvalue weighted by atomic mass is 9.90. The van der Waals surface area contributed by atoms with E-state index in [0.717, 1.165) is 62.6 Å². The summed E-state index contributed by atoms with van der Waals surface area (Å²) in [5.74, 6) is 0.000604. The number of nitrogens with zero attached hydrogens (tertiary/aromatic N) is 4. The molecule has 0 spiro atoms. The Kier molecular flexibility index (Phi) is 8.17. The van der Waals surface area contributed by atoms with Crippen LogP contribution < -0.4 is 0 Å². The van der Waals surface area contributed by atoms with Crippen LogP contribution in [0.4, 0.5) is 0 Å². The molecular weight excluding hydrogens is 560 g/mol. The first kappa shape index (κ1) is 27.9. The van der Waals surface area contributed by atoms with Gasteiger partial charge in [-0.3, -0.25) is 23.9 Å². The maximum Gasteiger partial charge on any atom is 0.245 e. The number of carbonyl (C=O) groups is 4. The van der Waals surface area contributed by atoms with Gasteiger partial charge in [0.05, 0.1) is 18.2 Å². The fraction of sp³-hybridized carbons (Fsp3) is 0.600. The fourth-order valence-electron chi connectivity index (χ4n) is 6.48. The summed E-state index contributed by atoms with van der Waals surface area (Å²) in [5, 5.41) is 4.48. The van der Waals surface area contributed by atoms with Crippen molar-refractivity contribution in [3.8, 4) is 0 Å². The standard InChI is InChI=1S/C30H37BrN4O4/c1-19-10-11-28(31)32-23(19)15-26(38)25-16-30-13-12-22(37)9-7-5-3-4-6-8-21-14-24(20(2)36)33-34(21)18-29(39)35(25)27(30)17-30/h10-11,14,25,27H,3-9,12-13,15-18H2,1-2H3/t25-,27+,30-/m0/s1. The number of aryl methyl sites for hydroxylation is 2. The first-order valence-corrected chi connectivity index (χ1v) is 15.0. The third kappa shape index (κ3) is 6.08. The van der Waals surface area contributed by atoms with Crippen LogP contribution in [0.25, 0.3) is 0 Å². The average molecular weight is 598 g/mol. The third-order valence-corrected chi connectivity index (χ3v) is 9.33. The molecule has 4 heterocycles. The van der Waals surface area contributed by atoms with Gasteiger partial charge in [0.2, 0.25) is 5.91 Å². The number of rotatable bonds is 4. The van der Waals surface area contributed by atoms with Crippen LogP contribution in [0.15, 0.2) is 22.8 Å². The molecule has 5 rings (SSSR count). The van der Waals surface area contributed by atoms with E-state index >= 15 is 0 Å². The number of ketones is 3. The van der Waals surface area contributed by atoms with Gasteiger partial charge in [-0.15, -0.1) is 0 Å². The Bertz CT molecular complexity index is 1300. The molecular formula is C30H37BrN4O4. The quantitative estimate of drug-likeness (QED) is 0.365. The molecule has 2 aromatic rings. The van der Waals surface area contributed by atoms with E-state index in [4.69, 9.17) is 0 Å². The summed E-state index contributed by atoms with van der Waals surface area (Å²) in [7, 11) is 0. The summed E-state index contributed by atoms with van der Waals surface area (Å²) >= 11 is 3.40. The molecule has 0 radical (unpaired) electrons. The van der Waals surface area contributed by atoms with E-state index in [2.05, 4.69) is 26.0 Å². The van der Waals surface area contributed by atoms with Crippen molar-refractivity contribution in [3.63, 3.8) is 0 Å². The molecule has 39 heavy (non-hydrogen) atoms. The second-order valence-corrected chi connectivity index (χ2v) is 12.5. The highest BCUT2D eigenvalue weighted by atomic mass is 79.9. The minimum absolute atomic E-state index is 0.00602. The molecule has 3 aliphatic rings. The van der Waals surface area contributed by atoms with Crippen molar-refractivity contribution in [2.24, 2.45) is 5.41 Å². The topological polar surface area (TPSA) is 102 Å². The zero-order valence-corrected chi connectivity index (χ0v) is 24.5. The molecule has 0 unspecified atom stereocenters. The van der Waals surface area contributed by atoms with Crippen LogP contribution in [0.1, 0.15) is 98.6 Å². The Hall–Kier alpha value is -2.68. The Labute approximate surface area is 238 Å². The minimum Gasteiger partial charge on any atom is -0.327 e. The molecule has 0 N–H and O–H groups in total. The highest BCUT2D eigenvalue weighted by Crippen LogP contribution is 2.62. The lowest BCUT2D eigenvalue weighted by Crippen LogP contribution is -2.45. The van der Waals surface area contributed by atoms with Crippen molar-refractivity contribution in [2.75, 3.05) is 0 Å². The monoisotopic (exact) mass is 596 g/mol. The molecule has 2 bridgehead atoms. The summed E-state index contributed by atoms with van der Waals surface area (Å²) in [6, 6.07) is 5.01. The van der Waals surface area contributed by atoms with E-state index in [0.29, 0.717) is 35.3 Å². The summed E-state index contributed by atoms with van der Waals surface area (Å²) < 4.78 is 2.35. The molecule has 1 aliphatic carbocycles. The maximum atomic E-state index is 13.9. The van der Waals surface area contributed by atoms with Gasteiger partial charge in [-0.05, 0) is 84.5 Å². The molecule has 2 aromatic heterocycles. The number of amides is 1. The van der Waals surface area contributed by atoms with Gasteiger partial charge in [0.25, 0.3) is 0 Å². The summed E-state index contributed by atoms with van der Waals surface area (Å²) in [6.07, 6.45) is 9.11.